The van der Waals surface area contributed by atoms with E-state index >= 15 is 0 Å². The summed E-state index contributed by atoms with van der Waals surface area (Å²) in [6.07, 6.45) is 4.46. The topological polar surface area (TPSA) is 79.4 Å². The van der Waals surface area contributed by atoms with Crippen molar-refractivity contribution in [3.63, 3.8) is 0 Å². The normalized spacial score (nSPS) is 19.0. The molecule has 1 aromatic heterocycles. The van der Waals surface area contributed by atoms with Crippen LogP contribution in [0.5, 0.6) is 0 Å². The van der Waals surface area contributed by atoms with Gasteiger partial charge < -0.3 is 9.47 Å². The van der Waals surface area contributed by atoms with Gasteiger partial charge in [-0.3, -0.25) is 14.8 Å². The molecule has 1 fully saturated rings. The molecule has 2 aromatic rings. The maximum absolute atomic E-state index is 10.7. The fourth-order valence-electron chi connectivity index (χ4n) is 3.28. The fraction of sp³-hybridized carbons (Fsp3) is 0.438. The van der Waals surface area contributed by atoms with Crippen LogP contribution in [-0.2, 0) is 28.9 Å². The number of nitro groups is 1. The molecule has 0 bridgehead atoms. The van der Waals surface area contributed by atoms with Crippen molar-refractivity contribution >= 4 is 5.69 Å². The van der Waals surface area contributed by atoms with Gasteiger partial charge in [-0.2, -0.15) is 5.10 Å². The van der Waals surface area contributed by atoms with Gasteiger partial charge >= 0.3 is 0 Å². The van der Waals surface area contributed by atoms with E-state index in [2.05, 4.69) is 5.10 Å². The number of aryl methyl sites for hydroxylation is 1. The van der Waals surface area contributed by atoms with Gasteiger partial charge in [0.05, 0.1) is 30.4 Å². The number of hydrogen-bond donors (Lipinski definition) is 0. The largest absolute Gasteiger partial charge is 0.347 e. The molecule has 0 amide bonds. The molecule has 0 radical (unpaired) electrons. The molecule has 7 heteroatoms. The van der Waals surface area contributed by atoms with Crippen LogP contribution < -0.4 is 0 Å². The van der Waals surface area contributed by atoms with Crippen LogP contribution in [0.4, 0.5) is 5.69 Å². The summed E-state index contributed by atoms with van der Waals surface area (Å²) >= 11 is 0. The smallest absolute Gasteiger partial charge is 0.269 e. The highest BCUT2D eigenvalue weighted by Crippen LogP contribution is 2.34. The second-order valence-corrected chi connectivity index (χ2v) is 6.01. The summed E-state index contributed by atoms with van der Waals surface area (Å²) in [5, 5.41) is 15.3. The first-order chi connectivity index (χ1) is 11.1. The number of benzene rings is 1. The highest BCUT2D eigenvalue weighted by Gasteiger charge is 2.40. The maximum atomic E-state index is 10.7. The number of non-ortho nitro benzene ring substituents is 1. The van der Waals surface area contributed by atoms with Crippen molar-refractivity contribution in [2.45, 2.75) is 31.6 Å². The first kappa shape index (κ1) is 14.3. The third-order valence-corrected chi connectivity index (χ3v) is 4.43. The van der Waals surface area contributed by atoms with Crippen molar-refractivity contribution in [3.05, 3.63) is 57.4 Å². The first-order valence-electron chi connectivity index (χ1n) is 7.70. The Balaban J connectivity index is 1.51. The molecule has 0 atom stereocenters. The molecule has 7 nitrogen and oxygen atoms in total. The van der Waals surface area contributed by atoms with Gasteiger partial charge in [-0.15, -0.1) is 0 Å². The van der Waals surface area contributed by atoms with E-state index in [0.29, 0.717) is 19.8 Å². The predicted octanol–water partition coefficient (Wildman–Crippen LogP) is 2.07. The zero-order valence-corrected chi connectivity index (χ0v) is 12.6. The van der Waals surface area contributed by atoms with Crippen molar-refractivity contribution in [2.24, 2.45) is 0 Å². The highest BCUT2D eigenvalue weighted by molar-refractivity contribution is 5.33. The Kier molecular flexibility index (Phi) is 3.39. The van der Waals surface area contributed by atoms with Crippen LogP contribution in [0.2, 0.25) is 0 Å². The molecule has 23 heavy (non-hydrogen) atoms. The minimum absolute atomic E-state index is 0.103. The second-order valence-electron chi connectivity index (χ2n) is 6.01. The second kappa shape index (κ2) is 5.43. The van der Waals surface area contributed by atoms with E-state index in [1.165, 1.54) is 17.7 Å². The quantitative estimate of drug-likeness (QED) is 0.640. The third kappa shape index (κ3) is 2.73. The summed E-state index contributed by atoms with van der Waals surface area (Å²) in [5.74, 6) is -0.450. The Bertz CT molecular complexity index is 732. The Morgan fingerprint density at radius 3 is 2.70 bits per heavy atom. The average molecular weight is 315 g/mol. The molecular formula is C16H17N3O4. The van der Waals surface area contributed by atoms with Crippen molar-refractivity contribution in [1.82, 2.24) is 9.78 Å². The highest BCUT2D eigenvalue weighted by atomic mass is 16.7. The lowest BCUT2D eigenvalue weighted by Gasteiger charge is -2.30. The number of hydrogen-bond acceptors (Lipinski definition) is 5. The lowest BCUT2D eigenvalue weighted by Crippen LogP contribution is -2.36. The van der Waals surface area contributed by atoms with Crippen molar-refractivity contribution < 1.29 is 14.4 Å². The molecule has 1 saturated heterocycles. The van der Waals surface area contributed by atoms with Crippen LogP contribution in [0.25, 0.3) is 0 Å². The molecule has 0 N–H and O–H groups in total. The van der Waals surface area contributed by atoms with Crippen LogP contribution in [0.15, 0.2) is 30.5 Å². The number of nitro benzene ring substituents is 1. The van der Waals surface area contributed by atoms with E-state index in [-0.39, 0.29) is 5.69 Å². The zero-order chi connectivity index (χ0) is 15.9. The zero-order valence-electron chi connectivity index (χ0n) is 12.6. The standard InChI is InChI=1S/C16H17N3O4/c20-19(21)14-3-1-12(2-4-14)10-18-11-13-9-16(22-7-8-23-16)6-5-15(13)17-18/h1-4,11H,5-10H2. The summed E-state index contributed by atoms with van der Waals surface area (Å²) in [6.45, 7) is 1.91. The van der Waals surface area contributed by atoms with E-state index in [4.69, 9.17) is 9.47 Å². The Labute approximate surface area is 133 Å². The predicted molar refractivity (Wildman–Crippen MR) is 81.1 cm³/mol. The Morgan fingerprint density at radius 2 is 2.00 bits per heavy atom. The molecule has 0 saturated carbocycles. The maximum Gasteiger partial charge on any atom is 0.269 e. The van der Waals surface area contributed by atoms with Crippen molar-refractivity contribution in [1.29, 1.82) is 0 Å². The summed E-state index contributed by atoms with van der Waals surface area (Å²) in [4.78, 5) is 10.3. The molecule has 0 unspecified atom stereocenters. The van der Waals surface area contributed by atoms with Gasteiger partial charge in [0.15, 0.2) is 5.79 Å². The van der Waals surface area contributed by atoms with Crippen LogP contribution in [-0.4, -0.2) is 33.7 Å². The summed E-state index contributed by atoms with van der Waals surface area (Å²) < 4.78 is 13.4. The van der Waals surface area contributed by atoms with Gasteiger partial charge in [-0.25, -0.2) is 0 Å². The molecule has 1 spiro atoms. The number of ether oxygens (including phenoxy) is 2. The first-order valence-corrected chi connectivity index (χ1v) is 7.70. The van der Waals surface area contributed by atoms with Crippen LogP contribution in [0.3, 0.4) is 0 Å². The average Bonchev–Trinajstić information content (AvgIpc) is 3.14. The number of fused-ring (bicyclic) bond motifs is 1. The van der Waals surface area contributed by atoms with Crippen LogP contribution in [0.1, 0.15) is 23.2 Å². The molecule has 1 aliphatic heterocycles. The molecule has 4 rings (SSSR count). The van der Waals surface area contributed by atoms with Gasteiger partial charge in [-0.1, -0.05) is 12.1 Å². The SMILES string of the molecule is O=[N+]([O-])c1ccc(Cn2cc3c(n2)CCC2(C3)OCCO2)cc1. The Morgan fingerprint density at radius 1 is 1.26 bits per heavy atom. The van der Waals surface area contributed by atoms with E-state index in [0.717, 1.165) is 30.5 Å². The molecule has 120 valence electrons. The van der Waals surface area contributed by atoms with Gasteiger partial charge in [-0.05, 0) is 17.5 Å². The van der Waals surface area contributed by atoms with Gasteiger partial charge in [0.25, 0.3) is 5.69 Å². The minimum atomic E-state index is -0.450. The number of nitrogens with zero attached hydrogens (tertiary/aromatic N) is 3. The van der Waals surface area contributed by atoms with Crippen molar-refractivity contribution in [2.75, 3.05) is 13.2 Å². The summed E-state index contributed by atoms with van der Waals surface area (Å²) in [5.41, 5.74) is 3.35. The van der Waals surface area contributed by atoms with Crippen molar-refractivity contribution in [3.8, 4) is 0 Å². The lowest BCUT2D eigenvalue weighted by atomic mass is 9.92. The molecule has 2 aliphatic rings. The third-order valence-electron chi connectivity index (χ3n) is 4.43. The summed E-state index contributed by atoms with van der Waals surface area (Å²) in [6, 6.07) is 6.58. The molecule has 1 aromatic carbocycles. The van der Waals surface area contributed by atoms with E-state index < -0.39 is 10.7 Å². The lowest BCUT2D eigenvalue weighted by molar-refractivity contribution is -0.384. The monoisotopic (exact) mass is 315 g/mol. The van der Waals surface area contributed by atoms with E-state index in [1.54, 1.807) is 12.1 Å². The number of rotatable bonds is 3. The Hall–Kier alpha value is -2.25. The summed E-state index contributed by atoms with van der Waals surface area (Å²) in [7, 11) is 0. The van der Waals surface area contributed by atoms with Gasteiger partial charge in [0.2, 0.25) is 0 Å². The van der Waals surface area contributed by atoms with E-state index in [1.807, 2.05) is 10.9 Å². The van der Waals surface area contributed by atoms with Gasteiger partial charge in [0.1, 0.15) is 0 Å². The van der Waals surface area contributed by atoms with Crippen LogP contribution in [0, 0.1) is 10.1 Å². The minimum Gasteiger partial charge on any atom is -0.347 e. The molecule has 2 heterocycles. The molecular weight excluding hydrogens is 298 g/mol. The number of aromatic nitrogens is 2. The van der Waals surface area contributed by atoms with Crippen LogP contribution >= 0.6 is 0 Å². The van der Waals surface area contributed by atoms with E-state index in [9.17, 15) is 10.1 Å². The fourth-order valence-corrected chi connectivity index (χ4v) is 3.28. The molecule has 1 aliphatic carbocycles. The van der Waals surface area contributed by atoms with Gasteiger partial charge in [0, 0.05) is 31.2 Å².